The molecule has 70 heavy (non-hydrogen) atoms. The lowest BCUT2D eigenvalue weighted by Crippen LogP contribution is -2.17. The Hall–Kier alpha value is -5.26. The van der Waals surface area contributed by atoms with E-state index in [1.165, 1.54) is 80.6 Å². The van der Waals surface area contributed by atoms with E-state index in [-0.39, 0.29) is 34.5 Å². The molecule has 2 saturated carbocycles. The summed E-state index contributed by atoms with van der Waals surface area (Å²) in [4.78, 5) is 0. The number of unbranched alkanes of at least 4 members (excludes halogenated alkanes) is 2. The van der Waals surface area contributed by atoms with E-state index in [0.29, 0.717) is 59.4 Å². The standard InChI is InChI=1S/C30H33F5O.C28H29F5O/c1-2-3-4-5-20-8-11-23(12-9-20)29-27(31)17-22(18-28(29)32)7-6-21-10-13-25-19-26(36-30(33,34)35)15-14-24(25)16-21;1-2-3-18-6-9-21(10-7-18)27-25(29)15-20(16-26(27)30)5-4-19-8-11-23-17-24(34-28(31,32)33)13-12-22(23)14-19/h10,13-20,23H,2-9,11-12H2,1H3;8,11-18,21H,2-7,9-10H2,1H3. The molecule has 0 aliphatic heterocycles. The van der Waals surface area contributed by atoms with Gasteiger partial charge in [-0.25, -0.2) is 17.6 Å². The lowest BCUT2D eigenvalue weighted by Gasteiger charge is -2.29. The van der Waals surface area contributed by atoms with Gasteiger partial charge in [0.05, 0.1) is 0 Å². The van der Waals surface area contributed by atoms with Gasteiger partial charge in [-0.1, -0.05) is 101 Å². The highest BCUT2D eigenvalue weighted by Gasteiger charge is 2.32. The van der Waals surface area contributed by atoms with Gasteiger partial charge < -0.3 is 9.47 Å². The van der Waals surface area contributed by atoms with Crippen LogP contribution in [-0.4, -0.2) is 12.7 Å². The summed E-state index contributed by atoms with van der Waals surface area (Å²) in [7, 11) is 0. The van der Waals surface area contributed by atoms with Gasteiger partial charge in [-0.3, -0.25) is 0 Å². The molecule has 2 fully saturated rings. The van der Waals surface area contributed by atoms with Gasteiger partial charge in [-0.05, 0) is 193 Å². The molecule has 6 aromatic carbocycles. The number of benzene rings is 6. The summed E-state index contributed by atoms with van der Waals surface area (Å²) in [5.41, 5.74) is 3.58. The predicted octanol–water partition coefficient (Wildman–Crippen LogP) is 18.5. The van der Waals surface area contributed by atoms with E-state index in [4.69, 9.17) is 0 Å². The van der Waals surface area contributed by atoms with Crippen LogP contribution in [0.1, 0.15) is 149 Å². The number of hydrogen-bond donors (Lipinski definition) is 0. The second-order valence-electron chi connectivity index (χ2n) is 19.4. The fraction of sp³-hybridized carbons (Fsp3) is 0.448. The number of fused-ring (bicyclic) bond motifs is 2. The number of halogens is 10. The molecule has 2 aliphatic rings. The molecule has 2 nitrogen and oxygen atoms in total. The molecule has 0 bridgehead atoms. The van der Waals surface area contributed by atoms with Gasteiger partial charge in [0, 0.05) is 11.1 Å². The van der Waals surface area contributed by atoms with Gasteiger partial charge in [-0.2, -0.15) is 0 Å². The average Bonchev–Trinajstić information content (AvgIpc) is 3.30. The van der Waals surface area contributed by atoms with Crippen molar-refractivity contribution in [3.63, 3.8) is 0 Å². The molecule has 0 unspecified atom stereocenters. The molecule has 376 valence electrons. The van der Waals surface area contributed by atoms with Crippen LogP contribution in [0.2, 0.25) is 0 Å². The van der Waals surface area contributed by atoms with Crippen molar-refractivity contribution in [3.05, 3.63) is 154 Å². The van der Waals surface area contributed by atoms with Crippen LogP contribution in [0.15, 0.2) is 97.1 Å². The van der Waals surface area contributed by atoms with Gasteiger partial charge in [0.25, 0.3) is 0 Å². The molecule has 6 aromatic rings. The largest absolute Gasteiger partial charge is 0.573 e. The number of alkyl halides is 6. The molecule has 0 saturated heterocycles. The monoisotopic (exact) mass is 980 g/mol. The Balaban J connectivity index is 0.000000207. The lowest BCUT2D eigenvalue weighted by molar-refractivity contribution is -0.275. The van der Waals surface area contributed by atoms with E-state index in [2.05, 4.69) is 23.3 Å². The number of ether oxygens (including phenoxy) is 2. The second-order valence-corrected chi connectivity index (χ2v) is 19.4. The summed E-state index contributed by atoms with van der Waals surface area (Å²) in [5.74, 6) is -1.07. The summed E-state index contributed by atoms with van der Waals surface area (Å²) in [5, 5.41) is 2.81. The van der Waals surface area contributed by atoms with Gasteiger partial charge in [0.1, 0.15) is 34.8 Å². The normalized spacial score (nSPS) is 18.7. The third-order valence-corrected chi connectivity index (χ3v) is 14.3. The molecule has 2 aliphatic carbocycles. The number of rotatable bonds is 16. The first-order chi connectivity index (χ1) is 33.4. The molecule has 0 N–H and O–H groups in total. The number of aryl methyl sites for hydroxylation is 4. The second kappa shape index (κ2) is 23.8. The van der Waals surface area contributed by atoms with Crippen molar-refractivity contribution in [2.24, 2.45) is 11.8 Å². The average molecular weight is 981 g/mol. The van der Waals surface area contributed by atoms with Gasteiger partial charge in [-0.15, -0.1) is 26.3 Å². The summed E-state index contributed by atoms with van der Waals surface area (Å²) >= 11 is 0. The van der Waals surface area contributed by atoms with E-state index >= 15 is 0 Å². The molecule has 0 heterocycles. The third-order valence-electron chi connectivity index (χ3n) is 14.3. The Kier molecular flexibility index (Phi) is 17.8. The zero-order valence-electron chi connectivity index (χ0n) is 39.9. The van der Waals surface area contributed by atoms with Gasteiger partial charge >= 0.3 is 12.7 Å². The van der Waals surface area contributed by atoms with Crippen LogP contribution in [0.25, 0.3) is 21.5 Å². The zero-order valence-corrected chi connectivity index (χ0v) is 39.9. The van der Waals surface area contributed by atoms with Crippen molar-refractivity contribution in [2.45, 2.75) is 154 Å². The van der Waals surface area contributed by atoms with E-state index in [0.717, 1.165) is 79.7 Å². The van der Waals surface area contributed by atoms with Crippen LogP contribution in [0.3, 0.4) is 0 Å². The van der Waals surface area contributed by atoms with Crippen LogP contribution in [0.4, 0.5) is 43.9 Å². The maximum atomic E-state index is 15.0. The molecular weight excluding hydrogens is 919 g/mol. The van der Waals surface area contributed by atoms with Crippen LogP contribution >= 0.6 is 0 Å². The molecule has 8 rings (SSSR count). The smallest absolute Gasteiger partial charge is 0.406 e. The third kappa shape index (κ3) is 14.9. The van der Waals surface area contributed by atoms with Crippen molar-refractivity contribution in [3.8, 4) is 11.5 Å². The Labute approximate surface area is 404 Å². The molecule has 0 radical (unpaired) electrons. The molecule has 12 heteroatoms. The van der Waals surface area contributed by atoms with E-state index in [1.54, 1.807) is 24.3 Å². The first-order valence-corrected chi connectivity index (χ1v) is 25.0. The zero-order chi connectivity index (χ0) is 50.0. The van der Waals surface area contributed by atoms with Crippen molar-refractivity contribution in [1.82, 2.24) is 0 Å². The molecule has 0 aromatic heterocycles. The first-order valence-electron chi connectivity index (χ1n) is 25.0. The van der Waals surface area contributed by atoms with Gasteiger partial charge in [0.15, 0.2) is 0 Å². The highest BCUT2D eigenvalue weighted by atomic mass is 19.4. The van der Waals surface area contributed by atoms with Crippen molar-refractivity contribution in [1.29, 1.82) is 0 Å². The van der Waals surface area contributed by atoms with Crippen LogP contribution < -0.4 is 9.47 Å². The topological polar surface area (TPSA) is 18.5 Å². The molecular formula is C58H62F10O2. The maximum absolute atomic E-state index is 15.0. The van der Waals surface area contributed by atoms with Gasteiger partial charge in [0.2, 0.25) is 0 Å². The SMILES string of the molecule is CCCC1CCC(c2c(F)cc(CCc3ccc4cc(OC(F)(F)F)ccc4c3)cc2F)CC1.CCCCCC1CCC(c2c(F)cc(CCc3ccc4cc(OC(F)(F)F)ccc4c3)cc2F)CC1. The summed E-state index contributed by atoms with van der Waals surface area (Å²) in [6, 6.07) is 25.1. The van der Waals surface area contributed by atoms with E-state index < -0.39 is 36.0 Å². The Morgan fingerprint density at radius 3 is 1.13 bits per heavy atom. The Bertz CT molecular complexity index is 2610. The quantitative estimate of drug-likeness (QED) is 0.0711. The summed E-state index contributed by atoms with van der Waals surface area (Å²) in [6.45, 7) is 4.37. The van der Waals surface area contributed by atoms with E-state index in [1.807, 2.05) is 24.3 Å². The lowest BCUT2D eigenvalue weighted by atomic mass is 9.76. The number of hydrogen-bond acceptors (Lipinski definition) is 2. The van der Waals surface area contributed by atoms with Crippen LogP contribution in [-0.2, 0) is 25.7 Å². The Morgan fingerprint density at radius 1 is 0.400 bits per heavy atom. The maximum Gasteiger partial charge on any atom is 0.573 e. The minimum Gasteiger partial charge on any atom is -0.406 e. The van der Waals surface area contributed by atoms with Crippen molar-refractivity contribution < 1.29 is 53.4 Å². The van der Waals surface area contributed by atoms with Crippen molar-refractivity contribution in [2.75, 3.05) is 0 Å². The molecule has 0 amide bonds. The minimum absolute atomic E-state index is 0.0474. The van der Waals surface area contributed by atoms with Crippen LogP contribution in [0.5, 0.6) is 11.5 Å². The molecule has 0 atom stereocenters. The summed E-state index contributed by atoms with van der Waals surface area (Å²) < 4.78 is 142. The molecule has 0 spiro atoms. The van der Waals surface area contributed by atoms with E-state index in [9.17, 15) is 43.9 Å². The minimum atomic E-state index is -4.73. The van der Waals surface area contributed by atoms with Crippen molar-refractivity contribution >= 4 is 21.5 Å². The Morgan fingerprint density at radius 2 is 0.757 bits per heavy atom. The predicted molar refractivity (Wildman–Crippen MR) is 257 cm³/mol. The fourth-order valence-electron chi connectivity index (χ4n) is 10.7. The highest BCUT2D eigenvalue weighted by molar-refractivity contribution is 5.85. The fourth-order valence-corrected chi connectivity index (χ4v) is 10.7. The summed E-state index contributed by atoms with van der Waals surface area (Å²) in [6.07, 6.45) is 7.39. The van der Waals surface area contributed by atoms with Crippen LogP contribution in [0, 0.1) is 35.1 Å². The highest BCUT2D eigenvalue weighted by Crippen LogP contribution is 2.42. The first kappa shape index (κ1) is 52.6.